The van der Waals surface area contributed by atoms with Crippen LogP contribution in [0.25, 0.3) is 11.3 Å². The van der Waals surface area contributed by atoms with E-state index in [9.17, 15) is 9.18 Å². The highest BCUT2D eigenvalue weighted by Gasteiger charge is 2.17. The van der Waals surface area contributed by atoms with Gasteiger partial charge in [0, 0.05) is 17.1 Å². The molecule has 0 atom stereocenters. The Hall–Kier alpha value is -2.66. The number of amides is 1. The summed E-state index contributed by atoms with van der Waals surface area (Å²) in [6.45, 7) is 2.27. The zero-order chi connectivity index (χ0) is 17.1. The maximum Gasteiger partial charge on any atom is 0.255 e. The molecule has 0 radical (unpaired) electrons. The van der Waals surface area contributed by atoms with Crippen molar-refractivity contribution in [2.75, 3.05) is 0 Å². The molecule has 0 fully saturated rings. The molecule has 0 saturated carbocycles. The molecule has 1 heterocycles. The molecular formula is C18H15ClFN3O. The third kappa shape index (κ3) is 3.31. The summed E-state index contributed by atoms with van der Waals surface area (Å²) >= 11 is 5.99. The van der Waals surface area contributed by atoms with Crippen molar-refractivity contribution in [3.05, 3.63) is 76.2 Å². The van der Waals surface area contributed by atoms with E-state index in [1.54, 1.807) is 24.3 Å². The zero-order valence-electron chi connectivity index (χ0n) is 12.9. The highest BCUT2D eigenvalue weighted by Crippen LogP contribution is 2.24. The fourth-order valence-corrected chi connectivity index (χ4v) is 2.62. The summed E-state index contributed by atoms with van der Waals surface area (Å²) in [5.41, 5.74) is 2.90. The SMILES string of the molecule is Cc1ccc(Cl)cc1CNC(=O)c1cn[nH]c1-c1ccccc1F. The Morgan fingerprint density at radius 1 is 1.29 bits per heavy atom. The van der Waals surface area contributed by atoms with Crippen LogP contribution in [0.1, 0.15) is 21.5 Å². The monoisotopic (exact) mass is 343 g/mol. The molecule has 24 heavy (non-hydrogen) atoms. The van der Waals surface area contributed by atoms with Crippen molar-refractivity contribution in [3.8, 4) is 11.3 Å². The van der Waals surface area contributed by atoms with Gasteiger partial charge in [-0.3, -0.25) is 9.89 Å². The summed E-state index contributed by atoms with van der Waals surface area (Å²) in [6, 6.07) is 11.7. The Morgan fingerprint density at radius 2 is 2.08 bits per heavy atom. The molecule has 3 aromatic rings. The first-order valence-corrected chi connectivity index (χ1v) is 7.75. The summed E-state index contributed by atoms with van der Waals surface area (Å²) in [5.74, 6) is -0.747. The lowest BCUT2D eigenvalue weighted by atomic mass is 10.1. The summed E-state index contributed by atoms with van der Waals surface area (Å²) in [4.78, 5) is 12.5. The average Bonchev–Trinajstić information content (AvgIpc) is 3.05. The lowest BCUT2D eigenvalue weighted by molar-refractivity contribution is 0.0951. The Labute approximate surface area is 143 Å². The zero-order valence-corrected chi connectivity index (χ0v) is 13.7. The number of aromatic amines is 1. The van der Waals surface area contributed by atoms with Crippen molar-refractivity contribution in [2.45, 2.75) is 13.5 Å². The molecule has 0 spiro atoms. The minimum atomic E-state index is -0.415. The van der Waals surface area contributed by atoms with E-state index in [1.807, 2.05) is 19.1 Å². The molecule has 6 heteroatoms. The minimum absolute atomic E-state index is 0.291. The highest BCUT2D eigenvalue weighted by atomic mass is 35.5. The van der Waals surface area contributed by atoms with Crippen molar-refractivity contribution in [1.29, 1.82) is 0 Å². The van der Waals surface area contributed by atoms with Gasteiger partial charge in [0.05, 0.1) is 17.5 Å². The van der Waals surface area contributed by atoms with E-state index in [0.29, 0.717) is 28.4 Å². The van der Waals surface area contributed by atoms with E-state index in [-0.39, 0.29) is 5.91 Å². The number of benzene rings is 2. The second kappa shape index (κ2) is 6.84. The van der Waals surface area contributed by atoms with E-state index in [0.717, 1.165) is 11.1 Å². The molecule has 0 unspecified atom stereocenters. The van der Waals surface area contributed by atoms with E-state index in [4.69, 9.17) is 11.6 Å². The van der Waals surface area contributed by atoms with Gasteiger partial charge in [0.2, 0.25) is 0 Å². The van der Waals surface area contributed by atoms with Crippen LogP contribution in [0, 0.1) is 12.7 Å². The number of aryl methyl sites for hydroxylation is 1. The predicted molar refractivity (Wildman–Crippen MR) is 91.3 cm³/mol. The van der Waals surface area contributed by atoms with E-state index < -0.39 is 5.82 Å². The van der Waals surface area contributed by atoms with Crippen molar-refractivity contribution in [2.24, 2.45) is 0 Å². The normalized spacial score (nSPS) is 10.6. The Kier molecular flexibility index (Phi) is 4.62. The fraction of sp³-hybridized carbons (Fsp3) is 0.111. The van der Waals surface area contributed by atoms with Crippen LogP contribution in [0.15, 0.2) is 48.7 Å². The highest BCUT2D eigenvalue weighted by molar-refractivity contribution is 6.30. The number of hydrogen-bond donors (Lipinski definition) is 2. The molecule has 0 aliphatic carbocycles. The molecule has 2 aromatic carbocycles. The molecule has 0 saturated heterocycles. The number of hydrogen-bond acceptors (Lipinski definition) is 2. The number of H-pyrrole nitrogens is 1. The van der Waals surface area contributed by atoms with Gasteiger partial charge in [0.1, 0.15) is 5.82 Å². The summed E-state index contributed by atoms with van der Waals surface area (Å²) in [5, 5.41) is 9.99. The van der Waals surface area contributed by atoms with Crippen LogP contribution in [0.2, 0.25) is 5.02 Å². The quantitative estimate of drug-likeness (QED) is 0.749. The van der Waals surface area contributed by atoms with Gasteiger partial charge in [0.25, 0.3) is 5.91 Å². The maximum atomic E-state index is 14.0. The molecular weight excluding hydrogens is 329 g/mol. The van der Waals surface area contributed by atoms with Crippen LogP contribution in [-0.4, -0.2) is 16.1 Å². The number of nitrogens with one attached hydrogen (secondary N) is 2. The topological polar surface area (TPSA) is 57.8 Å². The molecule has 1 aromatic heterocycles. The van der Waals surface area contributed by atoms with Crippen molar-refractivity contribution >= 4 is 17.5 Å². The minimum Gasteiger partial charge on any atom is -0.348 e. The molecule has 1 amide bonds. The number of carbonyl (C=O) groups is 1. The van der Waals surface area contributed by atoms with Gasteiger partial charge in [0.15, 0.2) is 0 Å². The largest absolute Gasteiger partial charge is 0.348 e. The van der Waals surface area contributed by atoms with Gasteiger partial charge in [-0.1, -0.05) is 29.8 Å². The van der Waals surface area contributed by atoms with Gasteiger partial charge in [-0.15, -0.1) is 0 Å². The smallest absolute Gasteiger partial charge is 0.255 e. The molecule has 4 nitrogen and oxygen atoms in total. The van der Waals surface area contributed by atoms with Gasteiger partial charge in [-0.05, 0) is 42.3 Å². The van der Waals surface area contributed by atoms with Gasteiger partial charge in [-0.2, -0.15) is 5.10 Å². The first kappa shape index (κ1) is 16.2. The van der Waals surface area contributed by atoms with Crippen LogP contribution in [-0.2, 0) is 6.54 Å². The van der Waals surface area contributed by atoms with Crippen LogP contribution in [0.4, 0.5) is 4.39 Å². The van der Waals surface area contributed by atoms with Crippen LogP contribution in [0.3, 0.4) is 0 Å². The van der Waals surface area contributed by atoms with Crippen LogP contribution >= 0.6 is 11.6 Å². The van der Waals surface area contributed by atoms with Crippen molar-refractivity contribution in [1.82, 2.24) is 15.5 Å². The number of halogens is 2. The number of aromatic nitrogens is 2. The molecule has 2 N–H and O–H groups in total. The molecule has 3 rings (SSSR count). The van der Waals surface area contributed by atoms with E-state index in [2.05, 4.69) is 15.5 Å². The summed E-state index contributed by atoms with van der Waals surface area (Å²) in [6.07, 6.45) is 1.39. The third-order valence-electron chi connectivity index (χ3n) is 3.78. The van der Waals surface area contributed by atoms with Gasteiger partial charge >= 0.3 is 0 Å². The summed E-state index contributed by atoms with van der Waals surface area (Å²) < 4.78 is 14.0. The average molecular weight is 344 g/mol. The van der Waals surface area contributed by atoms with Crippen LogP contribution < -0.4 is 5.32 Å². The Balaban J connectivity index is 1.81. The maximum absolute atomic E-state index is 14.0. The summed E-state index contributed by atoms with van der Waals surface area (Å²) in [7, 11) is 0. The van der Waals surface area contributed by atoms with Gasteiger partial charge < -0.3 is 5.32 Å². The Morgan fingerprint density at radius 3 is 2.88 bits per heavy atom. The second-order valence-corrected chi connectivity index (χ2v) is 5.83. The van der Waals surface area contributed by atoms with Crippen molar-refractivity contribution < 1.29 is 9.18 Å². The lowest BCUT2D eigenvalue weighted by Crippen LogP contribution is -2.23. The fourth-order valence-electron chi connectivity index (χ4n) is 2.43. The van der Waals surface area contributed by atoms with Gasteiger partial charge in [-0.25, -0.2) is 4.39 Å². The van der Waals surface area contributed by atoms with Crippen LogP contribution in [0.5, 0.6) is 0 Å². The first-order valence-electron chi connectivity index (χ1n) is 7.38. The Bertz CT molecular complexity index is 891. The molecule has 0 aliphatic heterocycles. The standard InChI is InChI=1S/C18H15ClFN3O/c1-11-6-7-13(19)8-12(11)9-21-18(24)15-10-22-23-17(15)14-4-2-3-5-16(14)20/h2-8,10H,9H2,1H3,(H,21,24)(H,22,23). The third-order valence-corrected chi connectivity index (χ3v) is 4.01. The predicted octanol–water partition coefficient (Wildman–Crippen LogP) is 4.11. The van der Waals surface area contributed by atoms with Crippen molar-refractivity contribution in [3.63, 3.8) is 0 Å². The number of nitrogens with zero attached hydrogens (tertiary/aromatic N) is 1. The number of carbonyl (C=O) groups excluding carboxylic acids is 1. The second-order valence-electron chi connectivity index (χ2n) is 5.39. The molecule has 0 aliphatic rings. The van der Waals surface area contributed by atoms with E-state index in [1.165, 1.54) is 12.3 Å². The first-order chi connectivity index (χ1) is 11.6. The molecule has 122 valence electrons. The lowest BCUT2D eigenvalue weighted by Gasteiger charge is -2.09. The van der Waals surface area contributed by atoms with E-state index >= 15 is 0 Å². The number of rotatable bonds is 4. The molecule has 0 bridgehead atoms.